The fourth-order valence-corrected chi connectivity index (χ4v) is 5.20. The predicted molar refractivity (Wildman–Crippen MR) is 120 cm³/mol. The molecule has 2 fully saturated rings. The molecule has 176 valence electrons. The van der Waals surface area contributed by atoms with Crippen LogP contribution in [0.4, 0.5) is 4.39 Å². The van der Waals surface area contributed by atoms with Crippen LogP contribution in [0.5, 0.6) is 5.75 Å². The zero-order valence-corrected chi connectivity index (χ0v) is 19.0. The summed E-state index contributed by atoms with van der Waals surface area (Å²) >= 11 is 0. The monoisotopic (exact) mass is 474 g/mol. The molecule has 0 saturated carbocycles. The van der Waals surface area contributed by atoms with Gasteiger partial charge in [-0.2, -0.15) is 5.26 Å². The standard InChI is InChI=1S/C23H27FN4O4S/c24-19-3-7-23(8-4-19)33(29,30)26-9-10-27-14-21-16-28(17-22(15-27)32-21)11-12-31-20-5-1-18(13-25)2-6-20/h1-8,21-22,26H,9-12,14-17H2. The molecule has 2 aliphatic rings. The van der Waals surface area contributed by atoms with Crippen molar-refractivity contribution in [2.45, 2.75) is 17.1 Å². The molecular weight excluding hydrogens is 447 g/mol. The van der Waals surface area contributed by atoms with Crippen LogP contribution in [0.25, 0.3) is 0 Å². The first-order valence-electron chi connectivity index (χ1n) is 10.9. The van der Waals surface area contributed by atoms with E-state index in [9.17, 15) is 12.8 Å². The highest BCUT2D eigenvalue weighted by atomic mass is 32.2. The van der Waals surface area contributed by atoms with E-state index in [0.29, 0.717) is 18.7 Å². The van der Waals surface area contributed by atoms with E-state index in [1.807, 2.05) is 0 Å². The lowest BCUT2D eigenvalue weighted by molar-refractivity contribution is -0.138. The van der Waals surface area contributed by atoms with Gasteiger partial charge >= 0.3 is 0 Å². The van der Waals surface area contributed by atoms with Crippen molar-refractivity contribution >= 4 is 10.0 Å². The molecule has 0 spiro atoms. The highest BCUT2D eigenvalue weighted by Crippen LogP contribution is 2.19. The van der Waals surface area contributed by atoms with Gasteiger partial charge in [0.1, 0.15) is 18.2 Å². The molecule has 10 heteroatoms. The van der Waals surface area contributed by atoms with Gasteiger partial charge in [0.05, 0.1) is 28.7 Å². The molecule has 8 nitrogen and oxygen atoms in total. The zero-order chi connectivity index (χ0) is 23.3. The first-order chi connectivity index (χ1) is 15.9. The number of ether oxygens (including phenoxy) is 2. The Morgan fingerprint density at radius 1 is 1.00 bits per heavy atom. The van der Waals surface area contributed by atoms with Crippen LogP contribution in [-0.2, 0) is 14.8 Å². The summed E-state index contributed by atoms with van der Waals surface area (Å²) in [5.74, 6) is 0.278. The lowest BCUT2D eigenvalue weighted by Crippen LogP contribution is -2.60. The van der Waals surface area contributed by atoms with E-state index < -0.39 is 15.8 Å². The summed E-state index contributed by atoms with van der Waals surface area (Å²) in [5, 5.41) is 8.86. The molecule has 2 atom stereocenters. The van der Waals surface area contributed by atoms with Gasteiger partial charge < -0.3 is 9.47 Å². The maximum absolute atomic E-state index is 13.0. The number of morpholine rings is 2. The number of fused-ring (bicyclic) bond motifs is 2. The first kappa shape index (κ1) is 23.6. The third-order valence-electron chi connectivity index (χ3n) is 5.74. The number of halogens is 1. The van der Waals surface area contributed by atoms with Crippen LogP contribution in [-0.4, -0.2) is 82.8 Å². The minimum Gasteiger partial charge on any atom is -0.492 e. The van der Waals surface area contributed by atoms with Crippen molar-refractivity contribution < 1.29 is 22.3 Å². The molecule has 2 bridgehead atoms. The van der Waals surface area contributed by atoms with Crippen molar-refractivity contribution in [1.29, 1.82) is 5.26 Å². The number of nitrogens with one attached hydrogen (secondary N) is 1. The highest BCUT2D eigenvalue weighted by Gasteiger charge is 2.34. The SMILES string of the molecule is N#Cc1ccc(OCCN2CC3CN(CCNS(=O)(=O)c4ccc(F)cc4)CC(C2)O3)cc1. The summed E-state index contributed by atoms with van der Waals surface area (Å²) in [6.45, 7) is 5.27. The second kappa shape index (κ2) is 10.6. The normalized spacial score (nSPS) is 21.5. The fourth-order valence-electron chi connectivity index (χ4n) is 4.18. The Balaban J connectivity index is 1.18. The number of hydrogen-bond donors (Lipinski definition) is 1. The van der Waals surface area contributed by atoms with Gasteiger partial charge in [-0.1, -0.05) is 0 Å². The Kier molecular flexibility index (Phi) is 7.57. The lowest BCUT2D eigenvalue weighted by atomic mass is 10.1. The Morgan fingerprint density at radius 2 is 1.61 bits per heavy atom. The summed E-state index contributed by atoms with van der Waals surface area (Å²) in [5.41, 5.74) is 0.608. The Bertz CT molecular complexity index is 1060. The van der Waals surface area contributed by atoms with Crippen LogP contribution in [0.1, 0.15) is 5.56 Å². The zero-order valence-electron chi connectivity index (χ0n) is 18.2. The minimum atomic E-state index is -3.66. The fraction of sp³-hybridized carbons (Fsp3) is 0.435. The number of sulfonamides is 1. The smallest absolute Gasteiger partial charge is 0.240 e. The average Bonchev–Trinajstić information content (AvgIpc) is 2.79. The van der Waals surface area contributed by atoms with Crippen LogP contribution in [0.2, 0.25) is 0 Å². The van der Waals surface area contributed by atoms with Gasteiger partial charge in [-0.15, -0.1) is 0 Å². The number of nitriles is 1. The summed E-state index contributed by atoms with van der Waals surface area (Å²) in [7, 11) is -3.66. The van der Waals surface area contributed by atoms with Crippen molar-refractivity contribution in [3.8, 4) is 11.8 Å². The second-order valence-corrected chi connectivity index (χ2v) is 10.0. The lowest BCUT2D eigenvalue weighted by Gasteiger charge is -2.45. The van der Waals surface area contributed by atoms with E-state index in [1.165, 1.54) is 12.1 Å². The van der Waals surface area contributed by atoms with E-state index in [-0.39, 0.29) is 23.6 Å². The third-order valence-corrected chi connectivity index (χ3v) is 7.21. The van der Waals surface area contributed by atoms with Crippen molar-refractivity contribution in [3.63, 3.8) is 0 Å². The molecule has 2 aromatic rings. The average molecular weight is 475 g/mol. The van der Waals surface area contributed by atoms with Crippen molar-refractivity contribution in [3.05, 3.63) is 59.9 Å². The molecule has 2 aromatic carbocycles. The molecule has 0 radical (unpaired) electrons. The molecule has 2 aliphatic heterocycles. The largest absolute Gasteiger partial charge is 0.492 e. The summed E-state index contributed by atoms with van der Waals surface area (Å²) in [6, 6.07) is 14.0. The molecule has 33 heavy (non-hydrogen) atoms. The predicted octanol–water partition coefficient (Wildman–Crippen LogP) is 1.44. The molecule has 0 aromatic heterocycles. The molecule has 2 heterocycles. The van der Waals surface area contributed by atoms with Crippen LogP contribution >= 0.6 is 0 Å². The van der Waals surface area contributed by atoms with Gasteiger partial charge in [0, 0.05) is 45.8 Å². The number of rotatable bonds is 9. The van der Waals surface area contributed by atoms with Crippen LogP contribution in [0.15, 0.2) is 53.4 Å². The van der Waals surface area contributed by atoms with E-state index in [2.05, 4.69) is 20.6 Å². The van der Waals surface area contributed by atoms with Gasteiger partial charge in [-0.25, -0.2) is 17.5 Å². The van der Waals surface area contributed by atoms with Gasteiger partial charge in [-0.3, -0.25) is 9.80 Å². The summed E-state index contributed by atoms with van der Waals surface area (Å²) < 4.78 is 52.2. The first-order valence-corrected chi connectivity index (χ1v) is 12.4. The Morgan fingerprint density at radius 3 is 2.21 bits per heavy atom. The minimum absolute atomic E-state index is 0.0571. The van der Waals surface area contributed by atoms with Crippen molar-refractivity contribution in [2.24, 2.45) is 0 Å². The molecule has 2 unspecified atom stereocenters. The quantitative estimate of drug-likeness (QED) is 0.588. The molecule has 4 rings (SSSR count). The van der Waals surface area contributed by atoms with Crippen LogP contribution in [0.3, 0.4) is 0 Å². The van der Waals surface area contributed by atoms with Crippen LogP contribution in [0, 0.1) is 17.1 Å². The Labute approximate surface area is 193 Å². The maximum Gasteiger partial charge on any atom is 0.240 e. The molecule has 0 aliphatic carbocycles. The third kappa shape index (κ3) is 6.50. The van der Waals surface area contributed by atoms with Crippen molar-refractivity contribution in [1.82, 2.24) is 14.5 Å². The van der Waals surface area contributed by atoms with Gasteiger partial charge in [0.25, 0.3) is 0 Å². The maximum atomic E-state index is 13.0. The van der Waals surface area contributed by atoms with E-state index in [4.69, 9.17) is 14.7 Å². The number of hydrogen-bond acceptors (Lipinski definition) is 7. The van der Waals surface area contributed by atoms with E-state index in [0.717, 1.165) is 50.6 Å². The molecular formula is C23H27FN4O4S. The number of benzene rings is 2. The molecule has 1 N–H and O–H groups in total. The van der Waals surface area contributed by atoms with Gasteiger partial charge in [0.2, 0.25) is 10.0 Å². The van der Waals surface area contributed by atoms with Crippen molar-refractivity contribution in [2.75, 3.05) is 52.4 Å². The highest BCUT2D eigenvalue weighted by molar-refractivity contribution is 7.89. The molecule has 0 amide bonds. The molecule has 2 saturated heterocycles. The summed E-state index contributed by atoms with van der Waals surface area (Å²) in [4.78, 5) is 4.61. The van der Waals surface area contributed by atoms with E-state index >= 15 is 0 Å². The van der Waals surface area contributed by atoms with Crippen LogP contribution < -0.4 is 9.46 Å². The van der Waals surface area contributed by atoms with E-state index in [1.54, 1.807) is 24.3 Å². The van der Waals surface area contributed by atoms with Gasteiger partial charge in [0.15, 0.2) is 0 Å². The second-order valence-electron chi connectivity index (χ2n) is 8.24. The topological polar surface area (TPSA) is 94.9 Å². The Hall–Kier alpha value is -2.55. The summed E-state index contributed by atoms with van der Waals surface area (Å²) in [6.07, 6.45) is 0.141. The number of nitrogens with zero attached hydrogens (tertiary/aromatic N) is 3. The van der Waals surface area contributed by atoms with Gasteiger partial charge in [-0.05, 0) is 48.5 Å².